The lowest BCUT2D eigenvalue weighted by molar-refractivity contribution is 0.710. The van der Waals surface area contributed by atoms with E-state index in [9.17, 15) is 4.79 Å². The molecule has 0 atom stereocenters. The Morgan fingerprint density at radius 1 is 1.22 bits per heavy atom. The zero-order chi connectivity index (χ0) is 13.3. The monoisotopic (exact) mass is 308 g/mol. The number of aryl methyl sites for hydroxylation is 3. The Labute approximate surface area is 113 Å². The number of halogens is 1. The zero-order valence-electron chi connectivity index (χ0n) is 10.4. The molecule has 0 aliphatic rings. The molecule has 2 rings (SSSR count). The Morgan fingerprint density at radius 2 is 1.94 bits per heavy atom. The van der Waals surface area contributed by atoms with Gasteiger partial charge in [-0.2, -0.15) is 10.2 Å². The zero-order valence-corrected chi connectivity index (χ0v) is 12.0. The maximum atomic E-state index is 12.0. The van der Waals surface area contributed by atoms with Gasteiger partial charge in [0.2, 0.25) is 0 Å². The van der Waals surface area contributed by atoms with Crippen LogP contribution in [0.5, 0.6) is 0 Å². The molecule has 0 aliphatic heterocycles. The van der Waals surface area contributed by atoms with Gasteiger partial charge in [0, 0.05) is 0 Å². The number of rotatable bonds is 2. The summed E-state index contributed by atoms with van der Waals surface area (Å²) in [5.41, 5.74) is 3.24. The van der Waals surface area contributed by atoms with Crippen LogP contribution in [0.2, 0.25) is 0 Å². The standard InChI is InChI=1S/C12H13BrN4O/c1-7-4-10(8(2)16-15-7)5-17-6-14-9(3)11(13)12(17)18/h4,6H,5H2,1-3H3. The lowest BCUT2D eigenvalue weighted by Gasteiger charge is -2.09. The molecule has 18 heavy (non-hydrogen) atoms. The number of hydrogen-bond donors (Lipinski definition) is 0. The molecule has 5 nitrogen and oxygen atoms in total. The number of hydrogen-bond acceptors (Lipinski definition) is 4. The fourth-order valence-corrected chi connectivity index (χ4v) is 1.94. The second kappa shape index (κ2) is 4.97. The highest BCUT2D eigenvalue weighted by Gasteiger charge is 2.08. The maximum absolute atomic E-state index is 12.0. The van der Waals surface area contributed by atoms with E-state index in [1.54, 1.807) is 17.8 Å². The molecule has 2 aromatic rings. The van der Waals surface area contributed by atoms with E-state index in [1.807, 2.05) is 19.9 Å². The summed E-state index contributed by atoms with van der Waals surface area (Å²) >= 11 is 3.25. The summed E-state index contributed by atoms with van der Waals surface area (Å²) < 4.78 is 2.06. The summed E-state index contributed by atoms with van der Waals surface area (Å²) in [6.45, 7) is 6.00. The molecule has 0 fully saturated rings. The van der Waals surface area contributed by atoms with E-state index in [2.05, 4.69) is 31.1 Å². The molecule has 2 heterocycles. The van der Waals surface area contributed by atoms with Gasteiger partial charge in [-0.05, 0) is 48.3 Å². The molecule has 6 heteroatoms. The molecular weight excluding hydrogens is 296 g/mol. The molecule has 0 spiro atoms. The van der Waals surface area contributed by atoms with Gasteiger partial charge in [-0.25, -0.2) is 4.98 Å². The first kappa shape index (κ1) is 12.9. The van der Waals surface area contributed by atoms with E-state index in [0.717, 1.165) is 17.0 Å². The van der Waals surface area contributed by atoms with Crippen LogP contribution >= 0.6 is 15.9 Å². The average Bonchev–Trinajstić information content (AvgIpc) is 2.34. The van der Waals surface area contributed by atoms with Crippen LogP contribution in [0.25, 0.3) is 0 Å². The second-order valence-electron chi connectivity index (χ2n) is 4.17. The highest BCUT2D eigenvalue weighted by atomic mass is 79.9. The van der Waals surface area contributed by atoms with E-state index >= 15 is 0 Å². The first-order chi connectivity index (χ1) is 8.49. The Hall–Kier alpha value is -1.56. The van der Waals surface area contributed by atoms with Crippen molar-refractivity contribution in [2.75, 3.05) is 0 Å². The third-order valence-electron chi connectivity index (χ3n) is 2.70. The maximum Gasteiger partial charge on any atom is 0.268 e. The van der Waals surface area contributed by atoms with Crippen LogP contribution in [0.1, 0.15) is 22.6 Å². The Bertz CT molecular complexity index is 651. The van der Waals surface area contributed by atoms with Crippen LogP contribution in [0, 0.1) is 20.8 Å². The van der Waals surface area contributed by atoms with Crippen LogP contribution in [0.15, 0.2) is 21.7 Å². The molecule has 0 aromatic carbocycles. The summed E-state index contributed by atoms with van der Waals surface area (Å²) in [4.78, 5) is 16.2. The summed E-state index contributed by atoms with van der Waals surface area (Å²) in [6, 6.07) is 1.93. The smallest absolute Gasteiger partial charge is 0.268 e. The van der Waals surface area contributed by atoms with Crippen LogP contribution < -0.4 is 5.56 Å². The largest absolute Gasteiger partial charge is 0.294 e. The first-order valence-electron chi connectivity index (χ1n) is 5.50. The highest BCUT2D eigenvalue weighted by Crippen LogP contribution is 2.09. The number of nitrogens with zero attached hydrogens (tertiary/aromatic N) is 4. The fourth-order valence-electron chi connectivity index (χ4n) is 1.61. The Balaban J connectivity index is 2.44. The highest BCUT2D eigenvalue weighted by molar-refractivity contribution is 9.10. The van der Waals surface area contributed by atoms with Gasteiger partial charge in [0.05, 0.1) is 30.0 Å². The normalized spacial score (nSPS) is 10.7. The van der Waals surface area contributed by atoms with Crippen LogP contribution in [-0.4, -0.2) is 19.7 Å². The summed E-state index contributed by atoms with van der Waals surface area (Å²) in [6.07, 6.45) is 1.55. The van der Waals surface area contributed by atoms with Crippen LogP contribution in [-0.2, 0) is 6.54 Å². The van der Waals surface area contributed by atoms with Crippen molar-refractivity contribution >= 4 is 15.9 Å². The second-order valence-corrected chi connectivity index (χ2v) is 4.97. The Kier molecular flexibility index (Phi) is 3.56. The minimum Gasteiger partial charge on any atom is -0.294 e. The van der Waals surface area contributed by atoms with Crippen molar-refractivity contribution in [2.24, 2.45) is 0 Å². The quantitative estimate of drug-likeness (QED) is 0.848. The lowest BCUT2D eigenvalue weighted by Crippen LogP contribution is -2.23. The molecule has 0 saturated carbocycles. The lowest BCUT2D eigenvalue weighted by atomic mass is 10.2. The van der Waals surface area contributed by atoms with Crippen LogP contribution in [0.3, 0.4) is 0 Å². The van der Waals surface area contributed by atoms with Gasteiger partial charge in [-0.1, -0.05) is 0 Å². The molecule has 0 aliphatic carbocycles. The molecule has 94 valence electrons. The summed E-state index contributed by atoms with van der Waals surface area (Å²) in [7, 11) is 0. The molecule has 0 bridgehead atoms. The molecular formula is C12H13BrN4O. The van der Waals surface area contributed by atoms with E-state index in [-0.39, 0.29) is 5.56 Å². The molecule has 0 radical (unpaired) electrons. The van der Waals surface area contributed by atoms with Crippen molar-refractivity contribution in [2.45, 2.75) is 27.3 Å². The predicted molar refractivity (Wildman–Crippen MR) is 71.5 cm³/mol. The summed E-state index contributed by atoms with van der Waals surface area (Å²) in [5, 5.41) is 8.02. The van der Waals surface area contributed by atoms with Crippen molar-refractivity contribution in [3.8, 4) is 0 Å². The van der Waals surface area contributed by atoms with Gasteiger partial charge in [-0.3, -0.25) is 9.36 Å². The summed E-state index contributed by atoms with van der Waals surface area (Å²) in [5.74, 6) is 0. The van der Waals surface area contributed by atoms with E-state index in [1.165, 1.54) is 0 Å². The topological polar surface area (TPSA) is 60.7 Å². The van der Waals surface area contributed by atoms with Crippen molar-refractivity contribution in [1.82, 2.24) is 19.7 Å². The molecule has 0 amide bonds. The molecule has 0 saturated heterocycles. The van der Waals surface area contributed by atoms with Gasteiger partial charge in [0.15, 0.2) is 0 Å². The fraction of sp³-hybridized carbons (Fsp3) is 0.333. The van der Waals surface area contributed by atoms with Gasteiger partial charge in [0.1, 0.15) is 4.47 Å². The predicted octanol–water partition coefficient (Wildman–Crippen LogP) is 1.77. The molecule has 0 unspecified atom stereocenters. The van der Waals surface area contributed by atoms with Crippen molar-refractivity contribution < 1.29 is 0 Å². The minimum atomic E-state index is -0.0867. The number of aromatic nitrogens is 4. The van der Waals surface area contributed by atoms with Gasteiger partial charge in [0.25, 0.3) is 5.56 Å². The van der Waals surface area contributed by atoms with E-state index in [0.29, 0.717) is 16.7 Å². The van der Waals surface area contributed by atoms with E-state index in [4.69, 9.17) is 0 Å². The van der Waals surface area contributed by atoms with E-state index < -0.39 is 0 Å². The third-order valence-corrected chi connectivity index (χ3v) is 3.62. The third kappa shape index (κ3) is 2.48. The van der Waals surface area contributed by atoms with Crippen molar-refractivity contribution in [1.29, 1.82) is 0 Å². The van der Waals surface area contributed by atoms with Crippen molar-refractivity contribution in [3.05, 3.63) is 49.9 Å². The van der Waals surface area contributed by atoms with Gasteiger partial charge < -0.3 is 0 Å². The SMILES string of the molecule is Cc1cc(Cn2cnc(C)c(Br)c2=O)c(C)nn1. The van der Waals surface area contributed by atoms with Gasteiger partial charge in [-0.15, -0.1) is 0 Å². The minimum absolute atomic E-state index is 0.0867. The Morgan fingerprint density at radius 3 is 2.67 bits per heavy atom. The average molecular weight is 309 g/mol. The van der Waals surface area contributed by atoms with Crippen molar-refractivity contribution in [3.63, 3.8) is 0 Å². The molecule has 2 aromatic heterocycles. The van der Waals surface area contributed by atoms with Gasteiger partial charge >= 0.3 is 0 Å². The first-order valence-corrected chi connectivity index (χ1v) is 6.29. The molecule has 0 N–H and O–H groups in total. The van der Waals surface area contributed by atoms with Crippen LogP contribution in [0.4, 0.5) is 0 Å².